The smallest absolute Gasteiger partial charge is 0.0571 e. The second-order valence-corrected chi connectivity index (χ2v) is 5.64. The molecule has 0 N–H and O–H groups in total. The van der Waals surface area contributed by atoms with Gasteiger partial charge in [-0.25, -0.2) is 0 Å². The number of halogens is 1. The summed E-state index contributed by atoms with van der Waals surface area (Å²) in [4.78, 5) is 4.26. The fourth-order valence-corrected chi connectivity index (χ4v) is 2.95. The Kier molecular flexibility index (Phi) is 2.60. The molecular weight excluding hydrogens is 312 g/mol. The molecule has 0 unspecified atom stereocenters. The van der Waals surface area contributed by atoms with Crippen LogP contribution in [0.1, 0.15) is 0 Å². The van der Waals surface area contributed by atoms with Gasteiger partial charge in [-0.05, 0) is 36.4 Å². The van der Waals surface area contributed by atoms with Crippen LogP contribution in [0.5, 0.6) is 0 Å². The Balaban J connectivity index is 2.17. The van der Waals surface area contributed by atoms with Crippen molar-refractivity contribution >= 4 is 37.7 Å². The van der Waals surface area contributed by atoms with Crippen LogP contribution in [0.3, 0.4) is 0 Å². The molecule has 0 aliphatic heterocycles. The van der Waals surface area contributed by atoms with E-state index in [9.17, 15) is 0 Å². The third-order valence-corrected chi connectivity index (χ3v) is 4.09. The molecule has 4 rings (SSSR count). The van der Waals surface area contributed by atoms with Crippen LogP contribution in [0.15, 0.2) is 71.5 Å². The van der Waals surface area contributed by atoms with Gasteiger partial charge in [-0.2, -0.15) is 0 Å². The van der Waals surface area contributed by atoms with Crippen molar-refractivity contribution in [1.29, 1.82) is 0 Å². The Morgan fingerprint density at radius 1 is 0.800 bits per heavy atom. The molecule has 2 heterocycles. The zero-order chi connectivity index (χ0) is 13.5. The monoisotopic (exact) mass is 322 g/mol. The van der Waals surface area contributed by atoms with E-state index in [1.54, 1.807) is 0 Å². The van der Waals surface area contributed by atoms with Gasteiger partial charge in [0.15, 0.2) is 0 Å². The van der Waals surface area contributed by atoms with Crippen molar-refractivity contribution in [3.63, 3.8) is 0 Å². The van der Waals surface area contributed by atoms with E-state index in [2.05, 4.69) is 80.1 Å². The van der Waals surface area contributed by atoms with Gasteiger partial charge in [0.05, 0.1) is 11.0 Å². The predicted molar refractivity (Wildman–Crippen MR) is 86.3 cm³/mol. The zero-order valence-corrected chi connectivity index (χ0v) is 12.2. The molecule has 20 heavy (non-hydrogen) atoms. The summed E-state index contributed by atoms with van der Waals surface area (Å²) in [6, 6.07) is 18.9. The Morgan fingerprint density at radius 2 is 1.55 bits per heavy atom. The van der Waals surface area contributed by atoms with E-state index in [1.165, 1.54) is 21.8 Å². The van der Waals surface area contributed by atoms with E-state index in [4.69, 9.17) is 0 Å². The fourth-order valence-electron chi connectivity index (χ4n) is 2.68. The summed E-state index contributed by atoms with van der Waals surface area (Å²) < 4.78 is 3.36. The summed E-state index contributed by atoms with van der Waals surface area (Å²) in [5.74, 6) is 0. The first-order chi connectivity index (χ1) is 9.84. The van der Waals surface area contributed by atoms with Crippen molar-refractivity contribution in [2.75, 3.05) is 0 Å². The van der Waals surface area contributed by atoms with E-state index in [0.717, 1.165) is 10.2 Å². The van der Waals surface area contributed by atoms with Crippen LogP contribution in [0.2, 0.25) is 0 Å². The van der Waals surface area contributed by atoms with Crippen LogP contribution in [0.4, 0.5) is 0 Å². The molecule has 0 spiro atoms. The maximum absolute atomic E-state index is 4.26. The number of fused-ring (bicyclic) bond motifs is 3. The molecule has 0 atom stereocenters. The number of aromatic nitrogens is 2. The van der Waals surface area contributed by atoms with Crippen LogP contribution >= 0.6 is 15.9 Å². The lowest BCUT2D eigenvalue weighted by molar-refractivity contribution is 1.17. The van der Waals surface area contributed by atoms with Crippen molar-refractivity contribution in [2.45, 2.75) is 0 Å². The second-order valence-electron chi connectivity index (χ2n) is 4.72. The quantitative estimate of drug-likeness (QED) is 0.485. The van der Waals surface area contributed by atoms with Gasteiger partial charge in [0.2, 0.25) is 0 Å². The summed E-state index contributed by atoms with van der Waals surface area (Å²) in [5, 5.41) is 2.42. The van der Waals surface area contributed by atoms with E-state index in [-0.39, 0.29) is 0 Å². The SMILES string of the molecule is Brc1ccc(-n2c3ccccc3c3cnccc32)cc1. The van der Waals surface area contributed by atoms with Gasteiger partial charge in [0.1, 0.15) is 0 Å². The maximum Gasteiger partial charge on any atom is 0.0571 e. The first kappa shape index (κ1) is 11.7. The summed E-state index contributed by atoms with van der Waals surface area (Å²) in [5.41, 5.74) is 3.55. The molecule has 2 aromatic carbocycles. The van der Waals surface area contributed by atoms with E-state index < -0.39 is 0 Å². The Morgan fingerprint density at radius 3 is 2.40 bits per heavy atom. The normalized spacial score (nSPS) is 11.2. The Bertz CT molecular complexity index is 854. The molecule has 2 aromatic heterocycles. The third-order valence-electron chi connectivity index (χ3n) is 3.56. The number of nitrogens with zero attached hydrogens (tertiary/aromatic N) is 2. The highest BCUT2D eigenvalue weighted by Gasteiger charge is 2.11. The van der Waals surface area contributed by atoms with Gasteiger partial charge in [-0.15, -0.1) is 0 Å². The molecule has 0 bridgehead atoms. The Labute approximate surface area is 124 Å². The molecule has 0 saturated heterocycles. The number of rotatable bonds is 1. The summed E-state index contributed by atoms with van der Waals surface area (Å²) in [7, 11) is 0. The number of para-hydroxylation sites is 1. The van der Waals surface area contributed by atoms with Gasteiger partial charge in [-0.1, -0.05) is 34.1 Å². The number of hydrogen-bond acceptors (Lipinski definition) is 1. The van der Waals surface area contributed by atoms with E-state index >= 15 is 0 Å². The van der Waals surface area contributed by atoms with Gasteiger partial charge in [0, 0.05) is 33.3 Å². The van der Waals surface area contributed by atoms with E-state index in [1.807, 2.05) is 12.4 Å². The van der Waals surface area contributed by atoms with Crippen molar-refractivity contribution in [1.82, 2.24) is 9.55 Å². The fraction of sp³-hybridized carbons (Fsp3) is 0. The summed E-state index contributed by atoms with van der Waals surface area (Å²) >= 11 is 3.49. The van der Waals surface area contributed by atoms with Crippen LogP contribution in [-0.2, 0) is 0 Å². The van der Waals surface area contributed by atoms with Crippen molar-refractivity contribution < 1.29 is 0 Å². The largest absolute Gasteiger partial charge is 0.309 e. The molecule has 0 amide bonds. The molecule has 0 saturated carbocycles. The average Bonchev–Trinajstić information content (AvgIpc) is 2.83. The standard InChI is InChI=1S/C17H11BrN2/c18-12-5-7-13(8-6-12)20-16-4-2-1-3-14(16)15-11-19-10-9-17(15)20/h1-11H. The molecule has 0 fully saturated rings. The minimum absolute atomic E-state index is 1.09. The van der Waals surface area contributed by atoms with Gasteiger partial charge < -0.3 is 4.57 Å². The molecular formula is C17H11BrN2. The van der Waals surface area contributed by atoms with Crippen molar-refractivity contribution in [3.05, 3.63) is 71.5 Å². The number of benzene rings is 2. The Hall–Kier alpha value is -2.13. The highest BCUT2D eigenvalue weighted by atomic mass is 79.9. The number of pyridine rings is 1. The average molecular weight is 323 g/mol. The lowest BCUT2D eigenvalue weighted by Crippen LogP contribution is -1.93. The lowest BCUT2D eigenvalue weighted by atomic mass is 10.2. The minimum atomic E-state index is 1.09. The zero-order valence-electron chi connectivity index (χ0n) is 10.6. The molecule has 96 valence electrons. The highest BCUT2D eigenvalue weighted by Crippen LogP contribution is 2.31. The van der Waals surface area contributed by atoms with Gasteiger partial charge in [-0.3, -0.25) is 4.98 Å². The van der Waals surface area contributed by atoms with Crippen molar-refractivity contribution in [3.8, 4) is 5.69 Å². The summed E-state index contributed by atoms with van der Waals surface area (Å²) in [6.07, 6.45) is 3.78. The van der Waals surface area contributed by atoms with Crippen LogP contribution in [0, 0.1) is 0 Å². The second kappa shape index (κ2) is 4.46. The molecule has 3 heteroatoms. The minimum Gasteiger partial charge on any atom is -0.309 e. The van der Waals surface area contributed by atoms with Crippen LogP contribution in [-0.4, -0.2) is 9.55 Å². The molecule has 2 nitrogen and oxygen atoms in total. The number of hydrogen-bond donors (Lipinski definition) is 0. The topological polar surface area (TPSA) is 17.8 Å². The van der Waals surface area contributed by atoms with Crippen molar-refractivity contribution in [2.24, 2.45) is 0 Å². The molecule has 0 aliphatic carbocycles. The van der Waals surface area contributed by atoms with Gasteiger partial charge >= 0.3 is 0 Å². The molecule has 0 aliphatic rings. The highest BCUT2D eigenvalue weighted by molar-refractivity contribution is 9.10. The first-order valence-electron chi connectivity index (χ1n) is 6.44. The predicted octanol–water partition coefficient (Wildman–Crippen LogP) is 4.94. The molecule has 4 aromatic rings. The van der Waals surface area contributed by atoms with Crippen LogP contribution in [0.25, 0.3) is 27.5 Å². The summed E-state index contributed by atoms with van der Waals surface area (Å²) in [6.45, 7) is 0. The van der Waals surface area contributed by atoms with Crippen LogP contribution < -0.4 is 0 Å². The van der Waals surface area contributed by atoms with E-state index in [0.29, 0.717) is 0 Å². The maximum atomic E-state index is 4.26. The van der Waals surface area contributed by atoms with Gasteiger partial charge in [0.25, 0.3) is 0 Å². The lowest BCUT2D eigenvalue weighted by Gasteiger charge is -2.07. The molecule has 0 radical (unpaired) electrons. The first-order valence-corrected chi connectivity index (χ1v) is 7.23. The third kappa shape index (κ3) is 1.67.